The van der Waals surface area contributed by atoms with Crippen LogP contribution in [0.2, 0.25) is 5.02 Å². The SMILES string of the molecule is COc1ccc(Cl)cc1C(=O)N[C@@H]1CC(=O)N(c2ccccc2)C1. The summed E-state index contributed by atoms with van der Waals surface area (Å²) in [6, 6.07) is 14.0. The van der Waals surface area contributed by atoms with Crippen LogP contribution in [-0.2, 0) is 4.79 Å². The number of anilines is 1. The minimum Gasteiger partial charge on any atom is -0.496 e. The molecular weight excluding hydrogens is 328 g/mol. The smallest absolute Gasteiger partial charge is 0.255 e. The molecule has 0 radical (unpaired) electrons. The number of methoxy groups -OCH3 is 1. The molecule has 1 atom stereocenters. The van der Waals surface area contributed by atoms with Gasteiger partial charge in [-0.05, 0) is 30.3 Å². The van der Waals surface area contributed by atoms with Gasteiger partial charge in [-0.3, -0.25) is 9.59 Å². The lowest BCUT2D eigenvalue weighted by Crippen LogP contribution is -2.37. The number of halogens is 1. The number of nitrogens with one attached hydrogen (secondary N) is 1. The average molecular weight is 345 g/mol. The molecule has 5 nitrogen and oxygen atoms in total. The number of hydrogen-bond acceptors (Lipinski definition) is 3. The molecule has 2 amide bonds. The van der Waals surface area contributed by atoms with Gasteiger partial charge in [0.15, 0.2) is 0 Å². The second-order valence-corrected chi connectivity index (χ2v) is 6.00. The lowest BCUT2D eigenvalue weighted by Gasteiger charge is -2.17. The van der Waals surface area contributed by atoms with Gasteiger partial charge in [0.1, 0.15) is 5.75 Å². The highest BCUT2D eigenvalue weighted by atomic mass is 35.5. The van der Waals surface area contributed by atoms with Gasteiger partial charge >= 0.3 is 0 Å². The maximum Gasteiger partial charge on any atom is 0.255 e. The van der Waals surface area contributed by atoms with E-state index in [1.165, 1.54) is 7.11 Å². The molecule has 3 rings (SSSR count). The van der Waals surface area contributed by atoms with Crippen molar-refractivity contribution in [3.8, 4) is 5.75 Å². The molecule has 24 heavy (non-hydrogen) atoms. The molecule has 1 fully saturated rings. The van der Waals surface area contributed by atoms with Crippen molar-refractivity contribution in [2.45, 2.75) is 12.5 Å². The van der Waals surface area contributed by atoms with Crippen molar-refractivity contribution in [2.75, 3.05) is 18.6 Å². The largest absolute Gasteiger partial charge is 0.496 e. The second-order valence-electron chi connectivity index (χ2n) is 5.56. The molecule has 2 aromatic carbocycles. The summed E-state index contributed by atoms with van der Waals surface area (Å²) < 4.78 is 5.20. The zero-order chi connectivity index (χ0) is 17.1. The van der Waals surface area contributed by atoms with Crippen molar-refractivity contribution in [1.82, 2.24) is 5.32 Å². The zero-order valence-electron chi connectivity index (χ0n) is 13.2. The third kappa shape index (κ3) is 3.36. The van der Waals surface area contributed by atoms with Crippen molar-refractivity contribution >= 4 is 29.1 Å². The van der Waals surface area contributed by atoms with E-state index in [1.54, 1.807) is 23.1 Å². The molecule has 2 aromatic rings. The molecule has 0 aliphatic carbocycles. The van der Waals surface area contributed by atoms with Crippen LogP contribution in [0.3, 0.4) is 0 Å². The van der Waals surface area contributed by atoms with Gasteiger partial charge < -0.3 is 15.0 Å². The molecule has 0 unspecified atom stereocenters. The molecule has 124 valence electrons. The van der Waals surface area contributed by atoms with Gasteiger partial charge in [-0.2, -0.15) is 0 Å². The van der Waals surface area contributed by atoms with E-state index in [0.717, 1.165) is 5.69 Å². The summed E-state index contributed by atoms with van der Waals surface area (Å²) in [5.41, 5.74) is 1.19. The fraction of sp³-hybridized carbons (Fsp3) is 0.222. The lowest BCUT2D eigenvalue weighted by molar-refractivity contribution is -0.117. The molecule has 0 spiro atoms. The summed E-state index contributed by atoms with van der Waals surface area (Å²) in [5.74, 6) is 0.132. The Bertz CT molecular complexity index is 764. The van der Waals surface area contributed by atoms with Crippen LogP contribution in [0.4, 0.5) is 5.69 Å². The monoisotopic (exact) mass is 344 g/mol. The number of rotatable bonds is 4. The molecule has 6 heteroatoms. The van der Waals surface area contributed by atoms with Crippen LogP contribution in [0.5, 0.6) is 5.75 Å². The first-order chi connectivity index (χ1) is 11.6. The van der Waals surface area contributed by atoms with E-state index in [0.29, 0.717) is 22.9 Å². The van der Waals surface area contributed by atoms with E-state index in [1.807, 2.05) is 30.3 Å². The number of amides is 2. The summed E-state index contributed by atoms with van der Waals surface area (Å²) in [4.78, 5) is 26.4. The van der Waals surface area contributed by atoms with Crippen LogP contribution in [-0.4, -0.2) is 31.5 Å². The van der Waals surface area contributed by atoms with E-state index < -0.39 is 0 Å². The van der Waals surface area contributed by atoms with Crippen LogP contribution < -0.4 is 15.0 Å². The highest BCUT2D eigenvalue weighted by Crippen LogP contribution is 2.24. The lowest BCUT2D eigenvalue weighted by atomic mass is 10.1. The van der Waals surface area contributed by atoms with Crippen LogP contribution >= 0.6 is 11.6 Å². The molecule has 1 aliphatic rings. The molecule has 0 bridgehead atoms. The van der Waals surface area contributed by atoms with E-state index in [4.69, 9.17) is 16.3 Å². The van der Waals surface area contributed by atoms with Crippen molar-refractivity contribution in [1.29, 1.82) is 0 Å². The number of benzene rings is 2. The molecule has 1 heterocycles. The first-order valence-electron chi connectivity index (χ1n) is 7.58. The standard InChI is InChI=1S/C18H17ClN2O3/c1-24-16-8-7-12(19)9-15(16)18(23)20-13-10-17(22)21(11-13)14-5-3-2-4-6-14/h2-9,13H,10-11H2,1H3,(H,20,23)/t13-/m1/s1. The van der Waals surface area contributed by atoms with Gasteiger partial charge in [0, 0.05) is 23.7 Å². The Labute approximate surface area is 145 Å². The fourth-order valence-corrected chi connectivity index (χ4v) is 2.95. The molecule has 1 aliphatic heterocycles. The van der Waals surface area contributed by atoms with Gasteiger partial charge in [-0.15, -0.1) is 0 Å². The molecule has 0 saturated carbocycles. The predicted molar refractivity (Wildman–Crippen MR) is 92.7 cm³/mol. The first-order valence-corrected chi connectivity index (χ1v) is 7.96. The van der Waals surface area contributed by atoms with E-state index in [9.17, 15) is 9.59 Å². The van der Waals surface area contributed by atoms with Crippen molar-refractivity contribution in [2.24, 2.45) is 0 Å². The third-order valence-corrected chi connectivity index (χ3v) is 4.17. The summed E-state index contributed by atoms with van der Waals surface area (Å²) in [6.45, 7) is 0.442. The number of hydrogen-bond donors (Lipinski definition) is 1. The third-order valence-electron chi connectivity index (χ3n) is 3.93. The highest BCUT2D eigenvalue weighted by molar-refractivity contribution is 6.31. The normalized spacial score (nSPS) is 17.0. The predicted octanol–water partition coefficient (Wildman–Crippen LogP) is 2.88. The van der Waals surface area contributed by atoms with E-state index in [2.05, 4.69) is 5.32 Å². The Kier molecular flexibility index (Phi) is 4.71. The molecule has 1 N–H and O–H groups in total. The number of para-hydroxylation sites is 1. The molecule has 0 aromatic heterocycles. The average Bonchev–Trinajstić information content (AvgIpc) is 2.96. The molecule has 1 saturated heterocycles. The van der Waals surface area contributed by atoms with Crippen LogP contribution in [0.15, 0.2) is 48.5 Å². The van der Waals surface area contributed by atoms with Gasteiger partial charge in [-0.1, -0.05) is 29.8 Å². The van der Waals surface area contributed by atoms with Crippen LogP contribution in [0.1, 0.15) is 16.8 Å². The molecular formula is C18H17ClN2O3. The topological polar surface area (TPSA) is 58.6 Å². The Morgan fingerprint density at radius 3 is 2.71 bits per heavy atom. The van der Waals surface area contributed by atoms with E-state index in [-0.39, 0.29) is 24.3 Å². The number of nitrogens with zero attached hydrogens (tertiary/aromatic N) is 1. The van der Waals surface area contributed by atoms with Crippen LogP contribution in [0.25, 0.3) is 0 Å². The van der Waals surface area contributed by atoms with Gasteiger partial charge in [-0.25, -0.2) is 0 Å². The van der Waals surface area contributed by atoms with Gasteiger partial charge in [0.2, 0.25) is 5.91 Å². The minimum atomic E-state index is -0.304. The van der Waals surface area contributed by atoms with Crippen molar-refractivity contribution < 1.29 is 14.3 Å². The summed E-state index contributed by atoms with van der Waals surface area (Å²) in [5, 5.41) is 3.34. The Hall–Kier alpha value is -2.53. The second kappa shape index (κ2) is 6.93. The summed E-state index contributed by atoms with van der Waals surface area (Å²) in [7, 11) is 1.50. The minimum absolute atomic E-state index is 0.00967. The van der Waals surface area contributed by atoms with E-state index >= 15 is 0 Å². The Morgan fingerprint density at radius 2 is 2.00 bits per heavy atom. The number of carbonyl (C=O) groups is 2. The number of carbonyl (C=O) groups excluding carboxylic acids is 2. The zero-order valence-corrected chi connectivity index (χ0v) is 13.9. The first kappa shape index (κ1) is 16.3. The summed E-state index contributed by atoms with van der Waals surface area (Å²) in [6.07, 6.45) is 0.267. The van der Waals surface area contributed by atoms with Crippen molar-refractivity contribution in [3.63, 3.8) is 0 Å². The Balaban J connectivity index is 1.72. The van der Waals surface area contributed by atoms with Crippen LogP contribution in [0, 0.1) is 0 Å². The summed E-state index contributed by atoms with van der Waals surface area (Å²) >= 11 is 5.96. The maximum absolute atomic E-state index is 12.5. The maximum atomic E-state index is 12.5. The van der Waals surface area contributed by atoms with Gasteiger partial charge in [0.05, 0.1) is 18.7 Å². The quantitative estimate of drug-likeness (QED) is 0.927. The van der Waals surface area contributed by atoms with Crippen molar-refractivity contribution in [3.05, 3.63) is 59.1 Å². The number of ether oxygens (including phenoxy) is 1. The van der Waals surface area contributed by atoms with Gasteiger partial charge in [0.25, 0.3) is 5.91 Å². The fourth-order valence-electron chi connectivity index (χ4n) is 2.78. The highest BCUT2D eigenvalue weighted by Gasteiger charge is 2.32. The Morgan fingerprint density at radius 1 is 1.25 bits per heavy atom.